The van der Waals surface area contributed by atoms with Crippen LogP contribution < -0.4 is 5.32 Å². The van der Waals surface area contributed by atoms with Crippen LogP contribution >= 0.6 is 0 Å². The molecule has 3 rings (SSSR count). The van der Waals surface area contributed by atoms with Gasteiger partial charge < -0.3 is 4.98 Å². The summed E-state index contributed by atoms with van der Waals surface area (Å²) in [5.41, 5.74) is 1.69. The number of fused-ring (bicyclic) bond motifs is 1. The predicted octanol–water partition coefficient (Wildman–Crippen LogP) is 2.74. The van der Waals surface area contributed by atoms with Crippen LogP contribution in [0.25, 0.3) is 10.9 Å². The zero-order valence-corrected chi connectivity index (χ0v) is 10.6. The van der Waals surface area contributed by atoms with Crippen LogP contribution in [0.15, 0.2) is 60.7 Å². The van der Waals surface area contributed by atoms with E-state index in [1.54, 1.807) is 30.3 Å². The average molecular weight is 264 g/mol. The van der Waals surface area contributed by atoms with Crippen molar-refractivity contribution in [3.8, 4) is 0 Å². The molecule has 1 heterocycles. The van der Waals surface area contributed by atoms with Gasteiger partial charge in [0.25, 0.3) is 11.8 Å². The highest BCUT2D eigenvalue weighted by Crippen LogP contribution is 2.14. The Balaban J connectivity index is 1.81. The highest BCUT2D eigenvalue weighted by atomic mass is 16.2. The van der Waals surface area contributed by atoms with E-state index in [0.29, 0.717) is 11.3 Å². The number of nitrogens with one attached hydrogen (secondary N) is 2. The number of amides is 2. The van der Waals surface area contributed by atoms with E-state index in [2.05, 4.69) is 10.3 Å². The number of benzene rings is 2. The van der Waals surface area contributed by atoms with E-state index in [1.165, 1.54) is 0 Å². The van der Waals surface area contributed by atoms with E-state index >= 15 is 0 Å². The molecule has 3 aromatic rings. The van der Waals surface area contributed by atoms with Gasteiger partial charge >= 0.3 is 0 Å². The maximum absolute atomic E-state index is 12.0. The van der Waals surface area contributed by atoms with Gasteiger partial charge in [-0.1, -0.05) is 36.4 Å². The highest BCUT2D eigenvalue weighted by molar-refractivity contribution is 6.10. The third-order valence-corrected chi connectivity index (χ3v) is 3.04. The molecule has 2 amide bonds. The Bertz CT molecular complexity index is 742. The molecule has 4 nitrogen and oxygen atoms in total. The number of H-pyrrole nitrogens is 1. The molecular formula is C16H12N2O2. The van der Waals surface area contributed by atoms with E-state index < -0.39 is 11.8 Å². The first-order valence-electron chi connectivity index (χ1n) is 6.22. The van der Waals surface area contributed by atoms with Crippen LogP contribution in [0.4, 0.5) is 0 Å². The molecule has 0 atom stereocenters. The molecule has 0 bridgehead atoms. The fraction of sp³-hybridized carbons (Fsp3) is 0. The molecule has 2 aromatic carbocycles. The molecule has 1 aromatic heterocycles. The summed E-state index contributed by atoms with van der Waals surface area (Å²) in [6, 6.07) is 17.9. The zero-order valence-electron chi connectivity index (χ0n) is 10.6. The molecule has 0 fully saturated rings. The molecule has 0 spiro atoms. The molecular weight excluding hydrogens is 252 g/mol. The predicted molar refractivity (Wildman–Crippen MR) is 76.5 cm³/mol. The van der Waals surface area contributed by atoms with Crippen LogP contribution in [-0.2, 0) is 0 Å². The lowest BCUT2D eigenvalue weighted by Crippen LogP contribution is -2.30. The zero-order chi connectivity index (χ0) is 13.9. The number of carbonyl (C=O) groups is 2. The second-order valence-corrected chi connectivity index (χ2v) is 4.42. The number of hydrogen-bond acceptors (Lipinski definition) is 2. The third kappa shape index (κ3) is 2.31. The fourth-order valence-corrected chi connectivity index (χ4v) is 2.03. The van der Waals surface area contributed by atoms with E-state index in [4.69, 9.17) is 0 Å². The minimum absolute atomic E-state index is 0.371. The summed E-state index contributed by atoms with van der Waals surface area (Å²) in [5, 5.41) is 3.30. The lowest BCUT2D eigenvalue weighted by Gasteiger charge is -2.02. The summed E-state index contributed by atoms with van der Waals surface area (Å²) in [6.07, 6.45) is 0. The van der Waals surface area contributed by atoms with Gasteiger partial charge in [0.2, 0.25) is 0 Å². The van der Waals surface area contributed by atoms with Crippen LogP contribution in [0.2, 0.25) is 0 Å². The van der Waals surface area contributed by atoms with Crippen molar-refractivity contribution in [3.63, 3.8) is 0 Å². The minimum atomic E-state index is -0.435. The van der Waals surface area contributed by atoms with Crippen molar-refractivity contribution in [1.29, 1.82) is 0 Å². The first-order valence-corrected chi connectivity index (χ1v) is 6.22. The molecule has 0 aliphatic heterocycles. The molecule has 4 heteroatoms. The summed E-state index contributed by atoms with van der Waals surface area (Å²) in [6.45, 7) is 0. The Kier molecular flexibility index (Phi) is 3.05. The van der Waals surface area contributed by atoms with Crippen molar-refractivity contribution in [3.05, 3.63) is 71.9 Å². The van der Waals surface area contributed by atoms with Gasteiger partial charge in [0.05, 0.1) is 0 Å². The molecule has 0 aliphatic rings. The fourth-order valence-electron chi connectivity index (χ4n) is 2.03. The summed E-state index contributed by atoms with van der Waals surface area (Å²) < 4.78 is 0. The van der Waals surface area contributed by atoms with Crippen molar-refractivity contribution >= 4 is 22.7 Å². The van der Waals surface area contributed by atoms with Crippen LogP contribution in [0, 0.1) is 0 Å². The quantitative estimate of drug-likeness (QED) is 0.699. The molecule has 0 aliphatic carbocycles. The lowest BCUT2D eigenvalue weighted by atomic mass is 10.2. The second kappa shape index (κ2) is 5.01. The molecule has 0 saturated heterocycles. The number of aromatic amines is 1. The summed E-state index contributed by atoms with van der Waals surface area (Å²) in [4.78, 5) is 26.9. The summed E-state index contributed by atoms with van der Waals surface area (Å²) >= 11 is 0. The van der Waals surface area contributed by atoms with Crippen molar-refractivity contribution in [1.82, 2.24) is 10.3 Å². The molecule has 0 saturated carbocycles. The maximum Gasteiger partial charge on any atom is 0.274 e. The first kappa shape index (κ1) is 12.2. The number of hydrogen-bond donors (Lipinski definition) is 2. The average Bonchev–Trinajstić information content (AvgIpc) is 2.92. The molecule has 20 heavy (non-hydrogen) atoms. The van der Waals surface area contributed by atoms with Crippen molar-refractivity contribution in [2.45, 2.75) is 0 Å². The van der Waals surface area contributed by atoms with Crippen LogP contribution in [0.5, 0.6) is 0 Å². The van der Waals surface area contributed by atoms with Gasteiger partial charge in [0.1, 0.15) is 5.69 Å². The maximum atomic E-state index is 12.0. The Morgan fingerprint density at radius 1 is 0.850 bits per heavy atom. The monoisotopic (exact) mass is 264 g/mol. The van der Waals surface area contributed by atoms with E-state index in [-0.39, 0.29) is 0 Å². The lowest BCUT2D eigenvalue weighted by molar-refractivity contribution is 0.0847. The van der Waals surface area contributed by atoms with Gasteiger partial charge in [0, 0.05) is 16.5 Å². The normalized spacial score (nSPS) is 10.4. The number of rotatable bonds is 2. The van der Waals surface area contributed by atoms with Crippen molar-refractivity contribution in [2.24, 2.45) is 0 Å². The second-order valence-electron chi connectivity index (χ2n) is 4.42. The largest absolute Gasteiger partial charge is 0.351 e. The van der Waals surface area contributed by atoms with Gasteiger partial charge in [-0.15, -0.1) is 0 Å². The van der Waals surface area contributed by atoms with Crippen molar-refractivity contribution in [2.75, 3.05) is 0 Å². The highest BCUT2D eigenvalue weighted by Gasteiger charge is 2.13. The van der Waals surface area contributed by atoms with Gasteiger partial charge in [-0.2, -0.15) is 0 Å². The minimum Gasteiger partial charge on any atom is -0.351 e. The van der Waals surface area contributed by atoms with Gasteiger partial charge in [-0.25, -0.2) is 0 Å². The number of imide groups is 1. The van der Waals surface area contributed by atoms with Crippen LogP contribution in [-0.4, -0.2) is 16.8 Å². The third-order valence-electron chi connectivity index (χ3n) is 3.04. The molecule has 2 N–H and O–H groups in total. The van der Waals surface area contributed by atoms with Gasteiger partial charge in [0.15, 0.2) is 0 Å². The standard InChI is InChI=1S/C16H12N2O2/c19-15(11-6-2-1-3-7-11)18-16(20)14-10-12-8-4-5-9-13(12)17-14/h1-10,17H,(H,18,19,20). The topological polar surface area (TPSA) is 62.0 Å². The van der Waals surface area contributed by atoms with E-state index in [0.717, 1.165) is 10.9 Å². The molecule has 0 unspecified atom stereocenters. The van der Waals surface area contributed by atoms with Gasteiger partial charge in [-0.05, 0) is 24.3 Å². The molecule has 0 radical (unpaired) electrons. The van der Waals surface area contributed by atoms with Crippen LogP contribution in [0.3, 0.4) is 0 Å². The smallest absolute Gasteiger partial charge is 0.274 e. The Hall–Kier alpha value is -2.88. The first-order chi connectivity index (χ1) is 9.74. The Morgan fingerprint density at radius 2 is 1.55 bits per heavy atom. The number of aromatic nitrogens is 1. The van der Waals surface area contributed by atoms with Crippen molar-refractivity contribution < 1.29 is 9.59 Å². The Labute approximate surface area is 115 Å². The summed E-state index contributed by atoms with van der Waals surface area (Å²) in [5.74, 6) is -0.843. The van der Waals surface area contributed by atoms with E-state index in [9.17, 15) is 9.59 Å². The van der Waals surface area contributed by atoms with E-state index in [1.807, 2.05) is 30.3 Å². The van der Waals surface area contributed by atoms with Crippen LogP contribution in [0.1, 0.15) is 20.8 Å². The SMILES string of the molecule is O=C(NC(=O)c1cc2ccccc2[nH]1)c1ccccc1. The number of carbonyl (C=O) groups excluding carboxylic acids is 2. The number of para-hydroxylation sites is 1. The summed E-state index contributed by atoms with van der Waals surface area (Å²) in [7, 11) is 0. The van der Waals surface area contributed by atoms with Gasteiger partial charge in [-0.3, -0.25) is 14.9 Å². The molecule has 98 valence electrons. The Morgan fingerprint density at radius 3 is 2.30 bits per heavy atom.